The highest BCUT2D eigenvalue weighted by molar-refractivity contribution is 7.18. The molecule has 3 heterocycles. The maximum Gasteiger partial charge on any atom is 0.349 e. The Balaban J connectivity index is 1.42. The Morgan fingerprint density at radius 3 is 2.47 bits per heavy atom. The van der Waals surface area contributed by atoms with Gasteiger partial charge in [-0.3, -0.25) is 9.59 Å². The first-order chi connectivity index (χ1) is 17.3. The molecule has 3 aromatic rings. The summed E-state index contributed by atoms with van der Waals surface area (Å²) in [7, 11) is 1.53. The third-order valence-electron chi connectivity index (χ3n) is 6.35. The fourth-order valence-corrected chi connectivity index (χ4v) is 5.28. The summed E-state index contributed by atoms with van der Waals surface area (Å²) in [6.45, 7) is 0.460. The molecular weight excluding hydrogens is 508 g/mol. The number of thiophene rings is 1. The van der Waals surface area contributed by atoms with Crippen LogP contribution in [-0.2, 0) is 10.7 Å². The number of likely N-dealkylation sites (tertiary alicyclic amines) is 1. The summed E-state index contributed by atoms with van der Waals surface area (Å²) >= 11 is 7.18. The van der Waals surface area contributed by atoms with Crippen LogP contribution in [0, 0.1) is 5.92 Å². The summed E-state index contributed by atoms with van der Waals surface area (Å²) in [6, 6.07) is 13.7. The highest BCUT2D eigenvalue weighted by Gasteiger charge is 2.44. The van der Waals surface area contributed by atoms with Crippen LogP contribution >= 0.6 is 22.9 Å². The number of nitrogens with zero attached hydrogens (tertiary/aromatic N) is 2. The van der Waals surface area contributed by atoms with Gasteiger partial charge in [0.15, 0.2) is 0 Å². The molecule has 1 aliphatic heterocycles. The average molecular weight is 534 g/mol. The fourth-order valence-electron chi connectivity index (χ4n) is 4.34. The van der Waals surface area contributed by atoms with E-state index < -0.39 is 11.8 Å². The predicted octanol–water partition coefficient (Wildman–Crippen LogP) is 5.70. The number of hydrogen-bond donors (Lipinski definition) is 1. The van der Waals surface area contributed by atoms with Gasteiger partial charge in [0, 0.05) is 30.9 Å². The lowest BCUT2D eigenvalue weighted by molar-refractivity contribution is -0.160. The number of piperidine rings is 1. The van der Waals surface area contributed by atoms with E-state index in [1.54, 1.807) is 30.5 Å². The normalized spacial score (nSPS) is 15.4. The summed E-state index contributed by atoms with van der Waals surface area (Å²) in [6.07, 6.45) is 3.34. The zero-order valence-corrected chi connectivity index (χ0v) is 21.2. The summed E-state index contributed by atoms with van der Waals surface area (Å²) in [5, 5.41) is 3.06. The molecule has 190 valence electrons. The van der Waals surface area contributed by atoms with Gasteiger partial charge in [-0.05, 0) is 42.9 Å². The van der Waals surface area contributed by atoms with E-state index in [4.69, 9.17) is 16.3 Å². The number of amides is 2. The average Bonchev–Trinajstić information content (AvgIpc) is 3.35. The first kappa shape index (κ1) is 26.0. The number of carbonyl (C=O) groups excluding carboxylic acids is 2. The molecule has 0 saturated carbocycles. The van der Waals surface area contributed by atoms with Crippen LogP contribution in [0.1, 0.15) is 46.1 Å². The number of pyridine rings is 1. The maximum atomic E-state index is 14.8. The number of aromatic nitrogens is 1. The highest BCUT2D eigenvalue weighted by atomic mass is 35.5. The minimum Gasteiger partial charge on any atom is -0.481 e. The first-order valence-corrected chi connectivity index (χ1v) is 12.8. The van der Waals surface area contributed by atoms with Crippen LogP contribution in [0.5, 0.6) is 5.88 Å². The molecule has 10 heteroatoms. The van der Waals surface area contributed by atoms with Crippen molar-refractivity contribution >= 4 is 34.8 Å². The van der Waals surface area contributed by atoms with Crippen molar-refractivity contribution in [1.82, 2.24) is 15.2 Å². The molecule has 0 bridgehead atoms. The molecule has 0 aliphatic carbocycles. The number of alkyl halides is 2. The molecule has 0 unspecified atom stereocenters. The number of benzene rings is 1. The van der Waals surface area contributed by atoms with Gasteiger partial charge in [0.25, 0.3) is 11.8 Å². The van der Waals surface area contributed by atoms with Gasteiger partial charge in [-0.15, -0.1) is 11.3 Å². The molecule has 4 rings (SSSR count). The predicted molar refractivity (Wildman–Crippen MR) is 135 cm³/mol. The lowest BCUT2D eigenvalue weighted by Gasteiger charge is -2.35. The monoisotopic (exact) mass is 533 g/mol. The molecule has 0 spiro atoms. The van der Waals surface area contributed by atoms with Crippen molar-refractivity contribution in [2.24, 2.45) is 5.92 Å². The zero-order chi connectivity index (χ0) is 25.7. The standard InChI is InChI=1S/C26H26ClF2N3O3S/c1-35-23-10-7-18(16-30-23)20(31-24(33)21-8-9-22(27)36-21)15-17-11-13-32(14-12-17)25(34)26(28,29)19-5-3-2-4-6-19/h2-10,16-17,20H,11-15H2,1H3,(H,31,33)/t20-/m0/s1. The molecule has 1 fully saturated rings. The van der Waals surface area contributed by atoms with Crippen molar-refractivity contribution in [3.63, 3.8) is 0 Å². The first-order valence-electron chi connectivity index (χ1n) is 11.6. The Labute approximate surface area is 217 Å². The number of methoxy groups -OCH3 is 1. The van der Waals surface area contributed by atoms with Crippen LogP contribution in [0.25, 0.3) is 0 Å². The van der Waals surface area contributed by atoms with Crippen molar-refractivity contribution < 1.29 is 23.1 Å². The smallest absolute Gasteiger partial charge is 0.349 e. The van der Waals surface area contributed by atoms with Crippen LogP contribution in [0.2, 0.25) is 4.34 Å². The van der Waals surface area contributed by atoms with Gasteiger partial charge in [-0.25, -0.2) is 4.98 Å². The number of carbonyl (C=O) groups is 2. The molecule has 0 radical (unpaired) electrons. The van der Waals surface area contributed by atoms with Crippen LogP contribution < -0.4 is 10.1 Å². The number of ether oxygens (including phenoxy) is 1. The summed E-state index contributed by atoms with van der Waals surface area (Å²) < 4.78 is 35.2. The summed E-state index contributed by atoms with van der Waals surface area (Å²) in [4.78, 5) is 31.5. The summed E-state index contributed by atoms with van der Waals surface area (Å²) in [5.74, 6) is -4.41. The van der Waals surface area contributed by atoms with Crippen LogP contribution in [-0.4, -0.2) is 41.9 Å². The number of nitrogens with one attached hydrogen (secondary N) is 1. The second kappa shape index (κ2) is 11.3. The van der Waals surface area contributed by atoms with E-state index >= 15 is 0 Å². The van der Waals surface area contributed by atoms with E-state index in [1.807, 2.05) is 6.07 Å². The number of rotatable bonds is 8. The Morgan fingerprint density at radius 1 is 1.17 bits per heavy atom. The van der Waals surface area contributed by atoms with Crippen LogP contribution in [0.15, 0.2) is 60.8 Å². The molecule has 1 saturated heterocycles. The van der Waals surface area contributed by atoms with Gasteiger partial charge >= 0.3 is 5.92 Å². The highest BCUT2D eigenvalue weighted by Crippen LogP contribution is 2.34. The Morgan fingerprint density at radius 2 is 1.89 bits per heavy atom. The van der Waals surface area contributed by atoms with Crippen molar-refractivity contribution in [1.29, 1.82) is 0 Å². The van der Waals surface area contributed by atoms with E-state index in [0.29, 0.717) is 34.4 Å². The third kappa shape index (κ3) is 6.02. The SMILES string of the molecule is COc1ccc([C@H](CC2CCN(C(=O)C(F)(F)c3ccccc3)CC2)NC(=O)c2ccc(Cl)s2)cn1. The Hall–Kier alpha value is -3.04. The molecule has 1 atom stereocenters. The van der Waals surface area contributed by atoms with Crippen LogP contribution in [0.3, 0.4) is 0 Å². The maximum absolute atomic E-state index is 14.8. The van der Waals surface area contributed by atoms with E-state index in [9.17, 15) is 18.4 Å². The van der Waals surface area contributed by atoms with Gasteiger partial charge in [-0.2, -0.15) is 8.78 Å². The van der Waals surface area contributed by atoms with Crippen molar-refractivity contribution in [3.05, 3.63) is 81.1 Å². The van der Waals surface area contributed by atoms with E-state index in [-0.39, 0.29) is 36.5 Å². The minimum absolute atomic E-state index is 0.124. The topological polar surface area (TPSA) is 71.5 Å². The second-order valence-corrected chi connectivity index (χ2v) is 10.4. The van der Waals surface area contributed by atoms with Gasteiger partial charge in [0.2, 0.25) is 5.88 Å². The van der Waals surface area contributed by atoms with E-state index in [2.05, 4.69) is 10.3 Å². The van der Waals surface area contributed by atoms with Crippen LogP contribution in [0.4, 0.5) is 8.78 Å². The fraction of sp³-hybridized carbons (Fsp3) is 0.346. The Bertz CT molecular complexity index is 1180. The molecule has 6 nitrogen and oxygen atoms in total. The third-order valence-corrected chi connectivity index (χ3v) is 7.58. The zero-order valence-electron chi connectivity index (χ0n) is 19.6. The van der Waals surface area contributed by atoms with Gasteiger partial charge in [0.05, 0.1) is 22.4 Å². The molecule has 36 heavy (non-hydrogen) atoms. The lowest BCUT2D eigenvalue weighted by Crippen LogP contribution is -2.46. The molecule has 2 amide bonds. The second-order valence-electron chi connectivity index (χ2n) is 8.68. The lowest BCUT2D eigenvalue weighted by atomic mass is 9.87. The Kier molecular flexibility index (Phi) is 8.21. The summed E-state index contributed by atoms with van der Waals surface area (Å²) in [5.41, 5.74) is 0.501. The van der Waals surface area contributed by atoms with Gasteiger partial charge in [0.1, 0.15) is 0 Å². The van der Waals surface area contributed by atoms with E-state index in [1.165, 1.54) is 47.6 Å². The minimum atomic E-state index is -3.57. The molecular formula is C26H26ClF2N3O3S. The largest absolute Gasteiger partial charge is 0.481 e. The van der Waals surface area contributed by atoms with Gasteiger partial charge in [-0.1, -0.05) is 48.0 Å². The molecule has 1 N–H and O–H groups in total. The number of hydrogen-bond acceptors (Lipinski definition) is 5. The molecule has 1 aromatic carbocycles. The quantitative estimate of drug-likeness (QED) is 0.403. The van der Waals surface area contributed by atoms with Gasteiger partial charge < -0.3 is 15.0 Å². The van der Waals surface area contributed by atoms with Crippen molar-refractivity contribution in [3.8, 4) is 5.88 Å². The number of halogens is 3. The molecule has 1 aliphatic rings. The molecule has 2 aromatic heterocycles. The van der Waals surface area contributed by atoms with E-state index in [0.717, 1.165) is 5.56 Å². The van der Waals surface area contributed by atoms with Crippen molar-refractivity contribution in [2.45, 2.75) is 31.2 Å². The van der Waals surface area contributed by atoms with Crippen molar-refractivity contribution in [2.75, 3.05) is 20.2 Å².